The van der Waals surface area contributed by atoms with Crippen LogP contribution in [0.1, 0.15) is 29.4 Å². The van der Waals surface area contributed by atoms with Crippen LogP contribution in [0.25, 0.3) is 0 Å². The van der Waals surface area contributed by atoms with E-state index in [1.807, 2.05) is 40.0 Å². The van der Waals surface area contributed by atoms with Crippen LogP contribution in [0.3, 0.4) is 0 Å². The Morgan fingerprint density at radius 2 is 1.80 bits per heavy atom. The molecule has 0 amide bonds. The second-order valence-corrected chi connectivity index (χ2v) is 6.08. The topological polar surface area (TPSA) is 64.7 Å². The Kier molecular flexibility index (Phi) is 4.73. The van der Waals surface area contributed by atoms with E-state index in [9.17, 15) is 0 Å². The van der Waals surface area contributed by atoms with E-state index in [0.29, 0.717) is 0 Å². The summed E-state index contributed by atoms with van der Waals surface area (Å²) in [6.45, 7) is 8.05. The van der Waals surface area contributed by atoms with Crippen molar-refractivity contribution in [3.05, 3.63) is 40.8 Å². The van der Waals surface area contributed by atoms with Crippen LogP contribution >= 0.6 is 11.8 Å². The predicted octanol–water partition coefficient (Wildman–Crippen LogP) is 2.84. The van der Waals surface area contributed by atoms with E-state index in [-0.39, 0.29) is 6.04 Å². The summed E-state index contributed by atoms with van der Waals surface area (Å²) in [4.78, 5) is 13.4. The van der Waals surface area contributed by atoms with Crippen molar-refractivity contribution in [2.24, 2.45) is 5.73 Å². The molecule has 4 nitrogen and oxygen atoms in total. The van der Waals surface area contributed by atoms with Crippen molar-refractivity contribution >= 4 is 11.8 Å². The summed E-state index contributed by atoms with van der Waals surface area (Å²) in [6.07, 6.45) is 2.72. The van der Waals surface area contributed by atoms with Gasteiger partial charge in [-0.1, -0.05) is 6.07 Å². The minimum absolute atomic E-state index is 0.154. The van der Waals surface area contributed by atoms with Gasteiger partial charge in [-0.15, -0.1) is 0 Å². The molecule has 0 saturated carbocycles. The molecular formula is C15H20N4S. The minimum Gasteiger partial charge on any atom is -0.328 e. The molecule has 0 bridgehead atoms. The van der Waals surface area contributed by atoms with Gasteiger partial charge in [0.25, 0.3) is 0 Å². The molecule has 2 aromatic heterocycles. The van der Waals surface area contributed by atoms with Crippen LogP contribution in [0.4, 0.5) is 0 Å². The normalized spacial score (nSPS) is 12.4. The van der Waals surface area contributed by atoms with Gasteiger partial charge in [-0.3, -0.25) is 0 Å². The second-order valence-electron chi connectivity index (χ2n) is 5.09. The molecule has 2 heterocycles. The van der Waals surface area contributed by atoms with Crippen LogP contribution in [0, 0.1) is 20.8 Å². The first kappa shape index (κ1) is 14.9. The second kappa shape index (κ2) is 6.33. The van der Waals surface area contributed by atoms with Crippen molar-refractivity contribution in [2.45, 2.75) is 50.3 Å². The van der Waals surface area contributed by atoms with Crippen molar-refractivity contribution in [1.29, 1.82) is 0 Å². The number of hydrogen-bond donors (Lipinski definition) is 1. The number of nitrogens with zero attached hydrogens (tertiary/aromatic N) is 3. The molecule has 1 atom stereocenters. The van der Waals surface area contributed by atoms with Gasteiger partial charge in [0.05, 0.1) is 0 Å². The largest absolute Gasteiger partial charge is 0.328 e. The van der Waals surface area contributed by atoms with Gasteiger partial charge >= 0.3 is 0 Å². The first-order valence-electron chi connectivity index (χ1n) is 6.66. The standard InChI is InChI=1S/C15H20N4S/c1-9(16)7-13-5-6-14(17-8-13)20-15-18-11(3)10(2)12(4)19-15/h5-6,8-9H,7,16H2,1-4H3. The van der Waals surface area contributed by atoms with Gasteiger partial charge in [-0.25, -0.2) is 15.0 Å². The maximum absolute atomic E-state index is 5.78. The van der Waals surface area contributed by atoms with Crippen LogP contribution in [0.2, 0.25) is 0 Å². The Morgan fingerprint density at radius 3 is 2.30 bits per heavy atom. The van der Waals surface area contributed by atoms with Crippen LogP contribution in [-0.4, -0.2) is 21.0 Å². The summed E-state index contributed by atoms with van der Waals surface area (Å²) in [5.74, 6) is 0. The zero-order valence-electron chi connectivity index (χ0n) is 12.3. The van der Waals surface area contributed by atoms with Gasteiger partial charge in [-0.05, 0) is 63.1 Å². The zero-order chi connectivity index (χ0) is 14.7. The fourth-order valence-electron chi connectivity index (χ4n) is 1.84. The number of pyridine rings is 1. The van der Waals surface area contributed by atoms with E-state index in [0.717, 1.165) is 39.1 Å². The number of rotatable bonds is 4. The van der Waals surface area contributed by atoms with E-state index in [1.165, 1.54) is 11.8 Å². The Labute approximate surface area is 124 Å². The lowest BCUT2D eigenvalue weighted by Gasteiger charge is -2.07. The van der Waals surface area contributed by atoms with Gasteiger partial charge in [-0.2, -0.15) is 0 Å². The van der Waals surface area contributed by atoms with Crippen molar-refractivity contribution in [3.8, 4) is 0 Å². The number of hydrogen-bond acceptors (Lipinski definition) is 5. The van der Waals surface area contributed by atoms with Crippen molar-refractivity contribution < 1.29 is 0 Å². The average Bonchev–Trinajstić information content (AvgIpc) is 2.37. The number of aryl methyl sites for hydroxylation is 2. The summed E-state index contributed by atoms with van der Waals surface area (Å²) in [7, 11) is 0. The van der Waals surface area contributed by atoms with E-state index < -0.39 is 0 Å². The van der Waals surface area contributed by atoms with Gasteiger partial charge in [0.1, 0.15) is 5.03 Å². The summed E-state index contributed by atoms with van der Waals surface area (Å²) in [6, 6.07) is 4.21. The third-order valence-electron chi connectivity index (χ3n) is 3.16. The highest BCUT2D eigenvalue weighted by atomic mass is 32.2. The van der Waals surface area contributed by atoms with E-state index in [2.05, 4.69) is 21.0 Å². The average molecular weight is 288 g/mol. The molecule has 0 aromatic carbocycles. The molecule has 2 N–H and O–H groups in total. The molecule has 0 aliphatic heterocycles. The van der Waals surface area contributed by atoms with E-state index in [4.69, 9.17) is 5.73 Å². The molecule has 106 valence electrons. The molecule has 0 saturated heterocycles. The lowest BCUT2D eigenvalue weighted by Crippen LogP contribution is -2.17. The van der Waals surface area contributed by atoms with Gasteiger partial charge in [0.2, 0.25) is 0 Å². The van der Waals surface area contributed by atoms with E-state index >= 15 is 0 Å². The molecular weight excluding hydrogens is 268 g/mol. The SMILES string of the molecule is Cc1nc(Sc2ccc(CC(C)N)cn2)nc(C)c1C. The highest BCUT2D eigenvalue weighted by molar-refractivity contribution is 7.99. The third kappa shape index (κ3) is 3.77. The summed E-state index contributed by atoms with van der Waals surface area (Å²) in [5.41, 5.74) is 10.1. The first-order chi connectivity index (χ1) is 9.45. The Balaban J connectivity index is 2.14. The Hall–Kier alpha value is -1.46. The maximum atomic E-state index is 5.78. The highest BCUT2D eigenvalue weighted by Crippen LogP contribution is 2.24. The quantitative estimate of drug-likeness (QED) is 0.876. The Bertz CT molecular complexity index is 570. The molecule has 0 spiro atoms. The number of nitrogens with two attached hydrogens (primary N) is 1. The van der Waals surface area contributed by atoms with Crippen molar-refractivity contribution in [2.75, 3.05) is 0 Å². The lowest BCUT2D eigenvalue weighted by molar-refractivity contribution is 0.734. The monoisotopic (exact) mass is 288 g/mol. The maximum Gasteiger partial charge on any atom is 0.194 e. The van der Waals surface area contributed by atoms with E-state index in [1.54, 1.807) is 0 Å². The molecule has 0 fully saturated rings. The predicted molar refractivity (Wildman–Crippen MR) is 82.0 cm³/mol. The fourth-order valence-corrected chi connectivity index (χ4v) is 2.64. The summed E-state index contributed by atoms with van der Waals surface area (Å²) in [5, 5.41) is 1.65. The molecule has 2 aromatic rings. The number of aromatic nitrogens is 3. The smallest absolute Gasteiger partial charge is 0.194 e. The molecule has 0 aliphatic carbocycles. The first-order valence-corrected chi connectivity index (χ1v) is 7.47. The molecule has 0 aliphatic rings. The fraction of sp³-hybridized carbons (Fsp3) is 0.400. The lowest BCUT2D eigenvalue weighted by atomic mass is 10.1. The molecule has 1 unspecified atom stereocenters. The molecule has 5 heteroatoms. The van der Waals surface area contributed by atoms with Crippen LogP contribution in [-0.2, 0) is 6.42 Å². The van der Waals surface area contributed by atoms with Crippen molar-refractivity contribution in [3.63, 3.8) is 0 Å². The van der Waals surface area contributed by atoms with Crippen LogP contribution in [0.5, 0.6) is 0 Å². The highest BCUT2D eigenvalue weighted by Gasteiger charge is 2.07. The minimum atomic E-state index is 0.154. The molecule has 2 rings (SSSR count). The van der Waals surface area contributed by atoms with Gasteiger partial charge in [0.15, 0.2) is 5.16 Å². The Morgan fingerprint density at radius 1 is 1.15 bits per heavy atom. The van der Waals surface area contributed by atoms with Crippen molar-refractivity contribution in [1.82, 2.24) is 15.0 Å². The van der Waals surface area contributed by atoms with Crippen LogP contribution < -0.4 is 5.73 Å². The van der Waals surface area contributed by atoms with Gasteiger partial charge in [0, 0.05) is 23.6 Å². The summed E-state index contributed by atoms with van der Waals surface area (Å²) < 4.78 is 0. The summed E-state index contributed by atoms with van der Waals surface area (Å²) >= 11 is 1.49. The molecule has 20 heavy (non-hydrogen) atoms. The molecule has 0 radical (unpaired) electrons. The zero-order valence-corrected chi connectivity index (χ0v) is 13.2. The van der Waals surface area contributed by atoms with Crippen LogP contribution in [0.15, 0.2) is 28.5 Å². The van der Waals surface area contributed by atoms with Gasteiger partial charge < -0.3 is 5.73 Å². The third-order valence-corrected chi connectivity index (χ3v) is 3.98.